The van der Waals surface area contributed by atoms with Gasteiger partial charge >= 0.3 is 6.09 Å². The van der Waals surface area contributed by atoms with Crippen LogP contribution >= 0.6 is 22.6 Å². The zero-order valence-corrected chi connectivity index (χ0v) is 19.6. The van der Waals surface area contributed by atoms with Gasteiger partial charge < -0.3 is 14.4 Å². The van der Waals surface area contributed by atoms with E-state index < -0.39 is 0 Å². The van der Waals surface area contributed by atoms with Gasteiger partial charge in [0.2, 0.25) is 0 Å². The number of methoxy groups -OCH3 is 1. The van der Waals surface area contributed by atoms with Crippen molar-refractivity contribution in [2.45, 2.75) is 56.6 Å². The molecule has 4 nitrogen and oxygen atoms in total. The van der Waals surface area contributed by atoms with Crippen molar-refractivity contribution >= 4 is 28.7 Å². The van der Waals surface area contributed by atoms with E-state index in [4.69, 9.17) is 9.47 Å². The number of rotatable bonds is 3. The van der Waals surface area contributed by atoms with Gasteiger partial charge in [0.25, 0.3) is 0 Å². The summed E-state index contributed by atoms with van der Waals surface area (Å²) in [6, 6.07) is 14.8. The van der Waals surface area contributed by atoms with Gasteiger partial charge in [0, 0.05) is 18.0 Å². The van der Waals surface area contributed by atoms with Gasteiger partial charge in [0.15, 0.2) is 0 Å². The molecule has 0 N–H and O–H groups in total. The SMILES string of the molecule is COc1cc2c(cc1I)C[C@H]1[C@H]3CCCC[C@@]23CCN1C(=O)OCc1ccccc1. The number of piperidine rings is 1. The smallest absolute Gasteiger partial charge is 0.410 e. The topological polar surface area (TPSA) is 38.8 Å². The van der Waals surface area contributed by atoms with Gasteiger partial charge in [-0.2, -0.15) is 0 Å². The van der Waals surface area contributed by atoms with E-state index in [0.717, 1.165) is 34.3 Å². The van der Waals surface area contributed by atoms with Crippen LogP contribution in [0.3, 0.4) is 0 Å². The molecule has 3 aliphatic rings. The Labute approximate surface area is 192 Å². The van der Waals surface area contributed by atoms with Gasteiger partial charge in [-0.3, -0.25) is 0 Å². The van der Waals surface area contributed by atoms with Gasteiger partial charge in [-0.05, 0) is 83.0 Å². The Morgan fingerprint density at radius 2 is 2.03 bits per heavy atom. The molecule has 158 valence electrons. The van der Waals surface area contributed by atoms with E-state index in [-0.39, 0.29) is 17.6 Å². The van der Waals surface area contributed by atoms with Crippen molar-refractivity contribution in [3.05, 3.63) is 62.7 Å². The third-order valence-corrected chi connectivity index (χ3v) is 8.39. The molecule has 5 heteroatoms. The molecule has 2 aromatic carbocycles. The summed E-state index contributed by atoms with van der Waals surface area (Å²) >= 11 is 2.36. The van der Waals surface area contributed by atoms with Crippen molar-refractivity contribution in [3.8, 4) is 5.75 Å². The lowest BCUT2D eigenvalue weighted by Gasteiger charge is -2.58. The average molecular weight is 517 g/mol. The maximum atomic E-state index is 13.1. The van der Waals surface area contributed by atoms with Crippen LogP contribution in [0.4, 0.5) is 4.79 Å². The fourth-order valence-corrected chi connectivity index (χ4v) is 6.95. The summed E-state index contributed by atoms with van der Waals surface area (Å²) in [5.41, 5.74) is 4.09. The molecular formula is C25H28INO3. The van der Waals surface area contributed by atoms with Crippen LogP contribution in [0.1, 0.15) is 48.8 Å². The Kier molecular flexibility index (Phi) is 5.42. The predicted octanol–water partition coefficient (Wildman–Crippen LogP) is 5.70. The molecule has 0 aromatic heterocycles. The fourth-order valence-electron chi connectivity index (χ4n) is 6.20. The zero-order valence-electron chi connectivity index (χ0n) is 17.4. The summed E-state index contributed by atoms with van der Waals surface area (Å²) < 4.78 is 12.6. The van der Waals surface area contributed by atoms with E-state index in [1.165, 1.54) is 36.8 Å². The minimum absolute atomic E-state index is 0.158. The second kappa shape index (κ2) is 8.06. The number of nitrogens with zero attached hydrogens (tertiary/aromatic N) is 1. The van der Waals surface area contributed by atoms with Gasteiger partial charge in [-0.15, -0.1) is 0 Å². The first kappa shape index (κ1) is 20.2. The first-order chi connectivity index (χ1) is 14.6. The van der Waals surface area contributed by atoms with Gasteiger partial charge in [-0.25, -0.2) is 4.79 Å². The highest BCUT2D eigenvalue weighted by atomic mass is 127. The lowest BCUT2D eigenvalue weighted by Crippen LogP contribution is -2.62. The van der Waals surface area contributed by atoms with Gasteiger partial charge in [-0.1, -0.05) is 43.2 Å². The van der Waals surface area contributed by atoms with Crippen molar-refractivity contribution < 1.29 is 14.3 Å². The molecule has 0 spiro atoms. The van der Waals surface area contributed by atoms with Crippen LogP contribution in [0.2, 0.25) is 0 Å². The molecule has 3 atom stereocenters. The van der Waals surface area contributed by atoms with Crippen molar-refractivity contribution in [2.75, 3.05) is 13.7 Å². The van der Waals surface area contributed by atoms with Crippen LogP contribution in [-0.2, 0) is 23.2 Å². The second-order valence-corrected chi connectivity index (χ2v) is 10.1. The summed E-state index contributed by atoms with van der Waals surface area (Å²) in [6.45, 7) is 1.12. The van der Waals surface area contributed by atoms with Crippen LogP contribution in [-0.4, -0.2) is 30.7 Å². The monoisotopic (exact) mass is 517 g/mol. The van der Waals surface area contributed by atoms with Crippen molar-refractivity contribution in [1.29, 1.82) is 0 Å². The van der Waals surface area contributed by atoms with Crippen LogP contribution in [0.25, 0.3) is 0 Å². The maximum Gasteiger partial charge on any atom is 0.410 e. The van der Waals surface area contributed by atoms with Gasteiger partial charge in [0.1, 0.15) is 12.4 Å². The standard InChI is InChI=1S/C25H28INO3/c1-29-23-15-20-18(13-21(23)26)14-22-19-9-5-6-10-25(19,20)11-12-27(22)24(28)30-16-17-7-3-2-4-8-17/h2-4,7-8,13,15,19,22H,5-6,9-12,14,16H2,1H3/t19-,22+,25+/m1/s1. The van der Waals surface area contributed by atoms with Crippen LogP contribution in [0, 0.1) is 9.49 Å². The highest BCUT2D eigenvalue weighted by molar-refractivity contribution is 14.1. The number of likely N-dealkylation sites (tertiary alicyclic amines) is 1. The highest BCUT2D eigenvalue weighted by Crippen LogP contribution is 2.56. The fraction of sp³-hybridized carbons (Fsp3) is 0.480. The van der Waals surface area contributed by atoms with Gasteiger partial charge in [0.05, 0.1) is 10.7 Å². The van der Waals surface area contributed by atoms with Crippen LogP contribution < -0.4 is 4.74 Å². The van der Waals surface area contributed by atoms with E-state index >= 15 is 0 Å². The molecule has 2 fully saturated rings. The van der Waals surface area contributed by atoms with Crippen molar-refractivity contribution in [2.24, 2.45) is 5.92 Å². The largest absolute Gasteiger partial charge is 0.496 e. The molecule has 5 rings (SSSR count). The maximum absolute atomic E-state index is 13.1. The molecular weight excluding hydrogens is 489 g/mol. The van der Waals surface area contributed by atoms with E-state index in [2.05, 4.69) is 34.7 Å². The first-order valence-corrected chi connectivity index (χ1v) is 12.0. The molecule has 1 saturated carbocycles. The summed E-state index contributed by atoms with van der Waals surface area (Å²) in [5, 5.41) is 0. The Morgan fingerprint density at radius 1 is 1.20 bits per heavy atom. The average Bonchev–Trinajstić information content (AvgIpc) is 2.78. The summed E-state index contributed by atoms with van der Waals surface area (Å²) in [7, 11) is 1.76. The Hall–Kier alpha value is -1.76. The number of carbonyl (C=O) groups is 1. The third-order valence-electron chi connectivity index (χ3n) is 7.54. The Bertz CT molecular complexity index is 947. The number of ether oxygens (including phenoxy) is 2. The number of carbonyl (C=O) groups excluding carboxylic acids is 1. The van der Waals surface area contributed by atoms with Crippen molar-refractivity contribution in [3.63, 3.8) is 0 Å². The summed E-state index contributed by atoms with van der Waals surface area (Å²) in [4.78, 5) is 15.1. The molecule has 2 bridgehead atoms. The molecule has 0 radical (unpaired) electrons. The number of hydrogen-bond acceptors (Lipinski definition) is 3. The Balaban J connectivity index is 1.44. The number of benzene rings is 2. The molecule has 1 amide bonds. The van der Waals surface area contributed by atoms with E-state index in [1.54, 1.807) is 7.11 Å². The number of halogens is 1. The molecule has 30 heavy (non-hydrogen) atoms. The van der Waals surface area contributed by atoms with Crippen molar-refractivity contribution in [1.82, 2.24) is 4.90 Å². The second-order valence-electron chi connectivity index (χ2n) is 8.91. The molecule has 0 unspecified atom stereocenters. The summed E-state index contributed by atoms with van der Waals surface area (Å²) in [5.74, 6) is 1.50. The normalized spacial score (nSPS) is 27.1. The highest BCUT2D eigenvalue weighted by Gasteiger charge is 2.55. The number of hydrogen-bond donors (Lipinski definition) is 0. The number of fused-ring (bicyclic) bond motifs is 1. The minimum Gasteiger partial charge on any atom is -0.496 e. The van der Waals surface area contributed by atoms with E-state index in [0.29, 0.717) is 12.5 Å². The lowest BCUT2D eigenvalue weighted by molar-refractivity contribution is -0.0137. The number of amides is 1. The van der Waals surface area contributed by atoms with E-state index in [1.807, 2.05) is 35.2 Å². The predicted molar refractivity (Wildman–Crippen MR) is 125 cm³/mol. The summed E-state index contributed by atoms with van der Waals surface area (Å²) in [6.07, 6.45) is 6.73. The molecule has 1 saturated heterocycles. The van der Waals surface area contributed by atoms with E-state index in [9.17, 15) is 4.79 Å². The van der Waals surface area contributed by atoms with Crippen LogP contribution in [0.15, 0.2) is 42.5 Å². The molecule has 2 aliphatic carbocycles. The molecule has 1 aliphatic heterocycles. The zero-order chi connectivity index (χ0) is 20.7. The minimum atomic E-state index is -0.158. The molecule has 1 heterocycles. The first-order valence-electron chi connectivity index (χ1n) is 11.0. The van der Waals surface area contributed by atoms with Crippen LogP contribution in [0.5, 0.6) is 5.75 Å². The Morgan fingerprint density at radius 3 is 2.83 bits per heavy atom. The third kappa shape index (κ3) is 3.29. The lowest BCUT2D eigenvalue weighted by atomic mass is 9.52. The quantitative estimate of drug-likeness (QED) is 0.491. The molecule has 2 aromatic rings.